The van der Waals surface area contributed by atoms with Gasteiger partial charge in [-0.1, -0.05) is 90.6 Å². The minimum Gasteiger partial charge on any atom is -0.422 e. The van der Waals surface area contributed by atoms with E-state index in [2.05, 4.69) is 6.92 Å². The van der Waals surface area contributed by atoms with Crippen molar-refractivity contribution < 1.29 is 34.7 Å². The fourth-order valence-corrected chi connectivity index (χ4v) is 2.09. The molecule has 18 heavy (non-hydrogen) atoms. The second-order valence-electron chi connectivity index (χ2n) is 5.83. The standard InChI is InChI=1S/C16H33O.Na/c1-4-5-6-7-8-9-10-11-12-13-14-15-16(2,3)17;/h15,17H,4-14H2,1-3H3;/q-1;+1. The van der Waals surface area contributed by atoms with Crippen LogP contribution in [-0.2, 0) is 0 Å². The molecule has 0 rings (SSSR count). The predicted octanol–water partition coefficient (Wildman–Crippen LogP) is 2.28. The largest absolute Gasteiger partial charge is 1.00 e. The molecule has 0 bridgehead atoms. The Morgan fingerprint density at radius 3 is 1.56 bits per heavy atom. The minimum absolute atomic E-state index is 0. The molecule has 1 nitrogen and oxygen atoms in total. The maximum absolute atomic E-state index is 9.51. The van der Waals surface area contributed by atoms with Gasteiger partial charge in [-0.15, -0.1) is 0 Å². The number of hydrogen-bond donors (Lipinski definition) is 1. The first-order valence-corrected chi connectivity index (χ1v) is 7.63. The van der Waals surface area contributed by atoms with E-state index in [0.717, 1.165) is 6.42 Å². The van der Waals surface area contributed by atoms with Gasteiger partial charge in [0.2, 0.25) is 0 Å². The topological polar surface area (TPSA) is 20.2 Å². The molecule has 0 aliphatic heterocycles. The summed E-state index contributed by atoms with van der Waals surface area (Å²) in [6.07, 6.45) is 16.9. The summed E-state index contributed by atoms with van der Waals surface area (Å²) in [5, 5.41) is 9.51. The predicted molar refractivity (Wildman–Crippen MR) is 77.1 cm³/mol. The molecule has 0 aromatic heterocycles. The summed E-state index contributed by atoms with van der Waals surface area (Å²) in [5.74, 6) is 0. The molecule has 0 aliphatic carbocycles. The zero-order valence-corrected chi connectivity index (χ0v) is 15.3. The Balaban J connectivity index is 0. The summed E-state index contributed by atoms with van der Waals surface area (Å²) < 4.78 is 0. The first-order valence-electron chi connectivity index (χ1n) is 7.63. The number of hydrogen-bond acceptors (Lipinski definition) is 1. The van der Waals surface area contributed by atoms with Crippen molar-refractivity contribution in [2.45, 2.75) is 97.0 Å². The van der Waals surface area contributed by atoms with Gasteiger partial charge in [0.1, 0.15) is 0 Å². The smallest absolute Gasteiger partial charge is 0.422 e. The maximum atomic E-state index is 9.51. The second-order valence-corrected chi connectivity index (χ2v) is 5.83. The second kappa shape index (κ2) is 14.4. The van der Waals surface area contributed by atoms with Crippen LogP contribution in [0.1, 0.15) is 91.4 Å². The molecular weight excluding hydrogens is 231 g/mol. The van der Waals surface area contributed by atoms with Crippen LogP contribution in [0.5, 0.6) is 0 Å². The molecule has 0 aromatic carbocycles. The molecule has 0 spiro atoms. The molecule has 0 saturated heterocycles. The number of rotatable bonds is 12. The van der Waals surface area contributed by atoms with E-state index in [9.17, 15) is 5.11 Å². The van der Waals surface area contributed by atoms with E-state index in [1.165, 1.54) is 64.2 Å². The zero-order chi connectivity index (χ0) is 13.0. The molecular formula is C16H33NaO. The molecule has 0 atom stereocenters. The van der Waals surface area contributed by atoms with Gasteiger partial charge in [-0.3, -0.25) is 6.42 Å². The Bertz CT molecular complexity index is 152. The van der Waals surface area contributed by atoms with Crippen molar-refractivity contribution in [2.24, 2.45) is 0 Å². The molecule has 0 fully saturated rings. The van der Waals surface area contributed by atoms with Crippen molar-refractivity contribution >= 4 is 0 Å². The molecule has 1 N–H and O–H groups in total. The van der Waals surface area contributed by atoms with Crippen molar-refractivity contribution in [1.29, 1.82) is 0 Å². The van der Waals surface area contributed by atoms with Crippen LogP contribution in [0.3, 0.4) is 0 Å². The fourth-order valence-electron chi connectivity index (χ4n) is 2.09. The van der Waals surface area contributed by atoms with Crippen LogP contribution < -0.4 is 29.6 Å². The Morgan fingerprint density at radius 1 is 0.778 bits per heavy atom. The number of unbranched alkanes of at least 4 members (excludes halogenated alkanes) is 10. The van der Waals surface area contributed by atoms with Gasteiger partial charge in [0.05, 0.1) is 0 Å². The van der Waals surface area contributed by atoms with E-state index in [1.54, 1.807) is 0 Å². The summed E-state index contributed by atoms with van der Waals surface area (Å²) >= 11 is 0. The molecule has 104 valence electrons. The Kier molecular flexibility index (Phi) is 17.0. The summed E-state index contributed by atoms with van der Waals surface area (Å²) in [4.78, 5) is 0. The third-order valence-electron chi connectivity index (χ3n) is 3.20. The van der Waals surface area contributed by atoms with E-state index in [1.807, 2.05) is 20.3 Å². The summed E-state index contributed by atoms with van der Waals surface area (Å²) in [6.45, 7) is 5.97. The van der Waals surface area contributed by atoms with Crippen LogP contribution in [0.2, 0.25) is 0 Å². The molecule has 0 radical (unpaired) electrons. The van der Waals surface area contributed by atoms with Gasteiger partial charge in [-0.25, -0.2) is 0 Å². The van der Waals surface area contributed by atoms with Crippen molar-refractivity contribution in [3.8, 4) is 0 Å². The molecule has 0 aromatic rings. The van der Waals surface area contributed by atoms with Crippen molar-refractivity contribution in [3.63, 3.8) is 0 Å². The van der Waals surface area contributed by atoms with E-state index < -0.39 is 5.60 Å². The normalized spacial score (nSPS) is 11.3. The first kappa shape index (κ1) is 21.3. The monoisotopic (exact) mass is 264 g/mol. The van der Waals surface area contributed by atoms with E-state index in [4.69, 9.17) is 0 Å². The van der Waals surface area contributed by atoms with Crippen molar-refractivity contribution in [2.75, 3.05) is 0 Å². The Labute approximate surface area is 137 Å². The minimum atomic E-state index is -0.584. The van der Waals surface area contributed by atoms with E-state index >= 15 is 0 Å². The molecule has 0 saturated carbocycles. The van der Waals surface area contributed by atoms with Gasteiger partial charge in [0, 0.05) is 0 Å². The van der Waals surface area contributed by atoms with Gasteiger partial charge in [-0.05, 0) is 0 Å². The summed E-state index contributed by atoms with van der Waals surface area (Å²) in [5.41, 5.74) is -0.584. The Hall–Kier alpha value is 0.960. The summed E-state index contributed by atoms with van der Waals surface area (Å²) in [7, 11) is 0. The van der Waals surface area contributed by atoms with Gasteiger partial charge in [0.25, 0.3) is 0 Å². The van der Waals surface area contributed by atoms with Crippen LogP contribution in [0.25, 0.3) is 0 Å². The Morgan fingerprint density at radius 2 is 1.17 bits per heavy atom. The van der Waals surface area contributed by atoms with Crippen LogP contribution in [0.15, 0.2) is 0 Å². The zero-order valence-electron chi connectivity index (χ0n) is 13.3. The molecule has 2 heteroatoms. The molecule has 0 aliphatic rings. The summed E-state index contributed by atoms with van der Waals surface area (Å²) in [6, 6.07) is 0. The molecule has 0 unspecified atom stereocenters. The quantitative estimate of drug-likeness (QED) is 0.326. The van der Waals surface area contributed by atoms with Gasteiger partial charge >= 0.3 is 29.6 Å². The first-order chi connectivity index (χ1) is 8.06. The molecule has 0 heterocycles. The van der Waals surface area contributed by atoms with Crippen LogP contribution in [0.4, 0.5) is 0 Å². The maximum Gasteiger partial charge on any atom is 1.00 e. The molecule has 0 amide bonds. The van der Waals surface area contributed by atoms with Gasteiger partial charge < -0.3 is 5.11 Å². The average Bonchev–Trinajstić information content (AvgIpc) is 2.24. The van der Waals surface area contributed by atoms with E-state index in [0.29, 0.717) is 0 Å². The van der Waals surface area contributed by atoms with Crippen molar-refractivity contribution in [1.82, 2.24) is 0 Å². The van der Waals surface area contributed by atoms with Crippen molar-refractivity contribution in [3.05, 3.63) is 6.42 Å². The van der Waals surface area contributed by atoms with Crippen LogP contribution in [-0.4, -0.2) is 10.7 Å². The third-order valence-corrected chi connectivity index (χ3v) is 3.20. The van der Waals surface area contributed by atoms with Crippen LogP contribution in [0, 0.1) is 6.42 Å². The third kappa shape index (κ3) is 19.3. The van der Waals surface area contributed by atoms with Gasteiger partial charge in [0.15, 0.2) is 0 Å². The van der Waals surface area contributed by atoms with E-state index in [-0.39, 0.29) is 29.6 Å². The van der Waals surface area contributed by atoms with Gasteiger partial charge in [-0.2, -0.15) is 6.42 Å². The fraction of sp³-hybridized carbons (Fsp3) is 0.938. The van der Waals surface area contributed by atoms with Crippen LogP contribution >= 0.6 is 0 Å². The number of aliphatic hydroxyl groups is 1. The average molecular weight is 264 g/mol. The SMILES string of the molecule is CCCCCCCCCCCC[CH-]C(C)(C)O.[Na+].